The minimum Gasteiger partial charge on any atom is -0.353 e. The first kappa shape index (κ1) is 16.4. The number of aromatic nitrogens is 3. The van der Waals surface area contributed by atoms with Crippen LogP contribution in [0.3, 0.4) is 0 Å². The fourth-order valence-corrected chi connectivity index (χ4v) is 2.99. The molecular formula is C18H23N5O. The van der Waals surface area contributed by atoms with Gasteiger partial charge in [0.15, 0.2) is 0 Å². The normalized spacial score (nSPS) is 15.2. The fraction of sp³-hybridized carbons (Fsp3) is 0.444. The van der Waals surface area contributed by atoms with Gasteiger partial charge in [0.1, 0.15) is 5.82 Å². The lowest BCUT2D eigenvalue weighted by Gasteiger charge is -2.24. The zero-order chi connectivity index (χ0) is 16.9. The number of nitrogens with zero attached hydrogens (tertiary/aromatic N) is 5. The standard InChI is InChI=1S/C18H23N5O/c1-14-12-20-15(2)18(21-14)23-8-4-7-22(9-10-23)17(24)11-16-5-3-6-19-13-16/h3,5-6,12-13H,4,7-11H2,1-2H3. The monoisotopic (exact) mass is 325 g/mol. The van der Waals surface area contributed by atoms with E-state index in [1.165, 1.54) is 0 Å². The molecule has 0 N–H and O–H groups in total. The molecule has 3 heterocycles. The van der Waals surface area contributed by atoms with Gasteiger partial charge < -0.3 is 9.80 Å². The third-order valence-electron chi connectivity index (χ3n) is 4.28. The van der Waals surface area contributed by atoms with Gasteiger partial charge in [0.05, 0.1) is 17.8 Å². The number of rotatable bonds is 3. The molecule has 0 saturated carbocycles. The lowest BCUT2D eigenvalue weighted by atomic mass is 10.2. The van der Waals surface area contributed by atoms with Gasteiger partial charge in [0, 0.05) is 44.8 Å². The van der Waals surface area contributed by atoms with Crippen molar-refractivity contribution in [3.8, 4) is 0 Å². The molecule has 2 aromatic rings. The van der Waals surface area contributed by atoms with E-state index in [0.717, 1.165) is 48.8 Å². The summed E-state index contributed by atoms with van der Waals surface area (Å²) in [6.07, 6.45) is 6.63. The summed E-state index contributed by atoms with van der Waals surface area (Å²) >= 11 is 0. The Balaban J connectivity index is 1.64. The van der Waals surface area contributed by atoms with Crippen molar-refractivity contribution >= 4 is 11.7 Å². The lowest BCUT2D eigenvalue weighted by Crippen LogP contribution is -2.36. The molecule has 0 unspecified atom stereocenters. The number of aryl methyl sites for hydroxylation is 2. The van der Waals surface area contributed by atoms with Gasteiger partial charge >= 0.3 is 0 Å². The van der Waals surface area contributed by atoms with Crippen molar-refractivity contribution in [2.24, 2.45) is 0 Å². The highest BCUT2D eigenvalue weighted by Crippen LogP contribution is 2.18. The van der Waals surface area contributed by atoms with Crippen molar-refractivity contribution in [1.82, 2.24) is 19.9 Å². The van der Waals surface area contributed by atoms with Crippen LogP contribution in [-0.2, 0) is 11.2 Å². The summed E-state index contributed by atoms with van der Waals surface area (Å²) in [5.74, 6) is 1.11. The smallest absolute Gasteiger partial charge is 0.227 e. The summed E-state index contributed by atoms with van der Waals surface area (Å²) in [5.41, 5.74) is 2.82. The maximum atomic E-state index is 12.5. The molecule has 1 amide bonds. The summed E-state index contributed by atoms with van der Waals surface area (Å²) in [5, 5.41) is 0. The third-order valence-corrected chi connectivity index (χ3v) is 4.28. The summed E-state index contributed by atoms with van der Waals surface area (Å²) in [4.78, 5) is 29.8. The van der Waals surface area contributed by atoms with Gasteiger partial charge in [0.25, 0.3) is 0 Å². The summed E-state index contributed by atoms with van der Waals surface area (Å²) in [6, 6.07) is 3.81. The maximum Gasteiger partial charge on any atom is 0.227 e. The Kier molecular flexibility index (Phi) is 5.03. The molecule has 0 spiro atoms. The molecule has 1 aliphatic heterocycles. The van der Waals surface area contributed by atoms with Crippen LogP contribution in [0.1, 0.15) is 23.4 Å². The molecule has 3 rings (SSSR count). The number of hydrogen-bond donors (Lipinski definition) is 0. The largest absolute Gasteiger partial charge is 0.353 e. The van der Waals surface area contributed by atoms with E-state index in [0.29, 0.717) is 13.0 Å². The van der Waals surface area contributed by atoms with Gasteiger partial charge in [-0.05, 0) is 31.9 Å². The van der Waals surface area contributed by atoms with Crippen molar-refractivity contribution in [3.63, 3.8) is 0 Å². The lowest BCUT2D eigenvalue weighted by molar-refractivity contribution is -0.130. The van der Waals surface area contributed by atoms with E-state index in [9.17, 15) is 4.79 Å². The zero-order valence-electron chi connectivity index (χ0n) is 14.3. The van der Waals surface area contributed by atoms with Crippen molar-refractivity contribution in [2.45, 2.75) is 26.7 Å². The number of pyridine rings is 1. The van der Waals surface area contributed by atoms with E-state index in [4.69, 9.17) is 0 Å². The Morgan fingerprint density at radius 1 is 1.17 bits per heavy atom. The molecule has 1 saturated heterocycles. The Hall–Kier alpha value is -2.50. The van der Waals surface area contributed by atoms with Crippen LogP contribution in [0.2, 0.25) is 0 Å². The van der Waals surface area contributed by atoms with Crippen LogP contribution < -0.4 is 4.90 Å². The number of carbonyl (C=O) groups is 1. The zero-order valence-corrected chi connectivity index (χ0v) is 14.3. The van der Waals surface area contributed by atoms with Gasteiger partial charge in [0.2, 0.25) is 5.91 Å². The van der Waals surface area contributed by atoms with Gasteiger partial charge in [-0.1, -0.05) is 6.07 Å². The molecule has 0 aromatic carbocycles. The SMILES string of the molecule is Cc1cnc(C)c(N2CCCN(C(=O)Cc3cccnc3)CC2)n1. The van der Waals surface area contributed by atoms with E-state index in [-0.39, 0.29) is 5.91 Å². The molecule has 0 bridgehead atoms. The van der Waals surface area contributed by atoms with Crippen LogP contribution in [0.25, 0.3) is 0 Å². The second kappa shape index (κ2) is 7.38. The maximum absolute atomic E-state index is 12.5. The molecule has 0 aliphatic carbocycles. The van der Waals surface area contributed by atoms with E-state index in [1.54, 1.807) is 18.6 Å². The summed E-state index contributed by atoms with van der Waals surface area (Å²) in [7, 11) is 0. The van der Waals surface area contributed by atoms with Crippen molar-refractivity contribution in [3.05, 3.63) is 47.7 Å². The average molecular weight is 325 g/mol. The van der Waals surface area contributed by atoms with E-state index in [1.807, 2.05) is 30.9 Å². The number of hydrogen-bond acceptors (Lipinski definition) is 5. The van der Waals surface area contributed by atoms with Crippen LogP contribution in [0.5, 0.6) is 0 Å². The molecule has 6 nitrogen and oxygen atoms in total. The van der Waals surface area contributed by atoms with Crippen LogP contribution in [0, 0.1) is 13.8 Å². The summed E-state index contributed by atoms with van der Waals surface area (Å²) < 4.78 is 0. The topological polar surface area (TPSA) is 62.2 Å². The van der Waals surface area contributed by atoms with Gasteiger partial charge in [-0.2, -0.15) is 0 Å². The van der Waals surface area contributed by atoms with Crippen LogP contribution >= 0.6 is 0 Å². The second-order valence-corrected chi connectivity index (χ2v) is 6.18. The number of carbonyl (C=O) groups excluding carboxylic acids is 1. The molecule has 6 heteroatoms. The Labute approximate surface area is 142 Å². The highest BCUT2D eigenvalue weighted by molar-refractivity contribution is 5.78. The molecular weight excluding hydrogens is 302 g/mol. The average Bonchev–Trinajstić information content (AvgIpc) is 2.84. The van der Waals surface area contributed by atoms with Crippen LogP contribution in [-0.4, -0.2) is 51.9 Å². The van der Waals surface area contributed by atoms with Crippen molar-refractivity contribution in [2.75, 3.05) is 31.1 Å². The van der Waals surface area contributed by atoms with E-state index < -0.39 is 0 Å². The van der Waals surface area contributed by atoms with Crippen molar-refractivity contribution < 1.29 is 4.79 Å². The van der Waals surface area contributed by atoms with Crippen molar-refractivity contribution in [1.29, 1.82) is 0 Å². The third kappa shape index (κ3) is 3.88. The van der Waals surface area contributed by atoms with Gasteiger partial charge in [-0.15, -0.1) is 0 Å². The highest BCUT2D eigenvalue weighted by atomic mass is 16.2. The molecule has 1 fully saturated rings. The van der Waals surface area contributed by atoms with Crippen LogP contribution in [0.4, 0.5) is 5.82 Å². The minimum absolute atomic E-state index is 0.164. The Morgan fingerprint density at radius 2 is 2.04 bits per heavy atom. The molecule has 0 radical (unpaired) electrons. The first-order chi connectivity index (χ1) is 11.6. The van der Waals surface area contributed by atoms with E-state index >= 15 is 0 Å². The summed E-state index contributed by atoms with van der Waals surface area (Å²) in [6.45, 7) is 7.13. The molecule has 126 valence electrons. The Morgan fingerprint density at radius 3 is 2.83 bits per heavy atom. The minimum atomic E-state index is 0.164. The second-order valence-electron chi connectivity index (χ2n) is 6.18. The molecule has 24 heavy (non-hydrogen) atoms. The highest BCUT2D eigenvalue weighted by Gasteiger charge is 2.21. The molecule has 2 aromatic heterocycles. The van der Waals surface area contributed by atoms with E-state index in [2.05, 4.69) is 19.9 Å². The fourth-order valence-electron chi connectivity index (χ4n) is 2.99. The number of anilines is 1. The Bertz CT molecular complexity index is 704. The number of amides is 1. The first-order valence-electron chi connectivity index (χ1n) is 8.35. The van der Waals surface area contributed by atoms with Gasteiger partial charge in [-0.3, -0.25) is 14.8 Å². The molecule has 0 atom stereocenters. The quantitative estimate of drug-likeness (QED) is 0.861. The predicted molar refractivity (Wildman–Crippen MR) is 92.9 cm³/mol. The molecule has 1 aliphatic rings. The first-order valence-corrected chi connectivity index (χ1v) is 8.35. The predicted octanol–water partition coefficient (Wildman–Crippen LogP) is 1.77. The van der Waals surface area contributed by atoms with Crippen LogP contribution in [0.15, 0.2) is 30.7 Å². The van der Waals surface area contributed by atoms with Gasteiger partial charge in [-0.25, -0.2) is 4.98 Å².